The van der Waals surface area contributed by atoms with Crippen LogP contribution in [0.25, 0.3) is 11.0 Å². The summed E-state index contributed by atoms with van der Waals surface area (Å²) >= 11 is 0. The molecule has 0 saturated heterocycles. The van der Waals surface area contributed by atoms with Crippen molar-refractivity contribution in [3.05, 3.63) is 30.0 Å². The number of hydrogen-bond acceptors (Lipinski definition) is 6. The van der Waals surface area contributed by atoms with E-state index in [1.54, 1.807) is 24.1 Å². The Kier molecular flexibility index (Phi) is 4.48. The molecule has 1 atom stereocenters. The second-order valence-corrected chi connectivity index (χ2v) is 8.08. The van der Waals surface area contributed by atoms with Crippen molar-refractivity contribution < 1.29 is 9.59 Å². The van der Waals surface area contributed by atoms with E-state index in [0.717, 1.165) is 29.7 Å². The molecule has 1 N–H and O–H groups in total. The van der Waals surface area contributed by atoms with E-state index in [1.807, 2.05) is 17.7 Å². The van der Waals surface area contributed by atoms with E-state index in [0.29, 0.717) is 24.7 Å². The van der Waals surface area contributed by atoms with Crippen molar-refractivity contribution >= 4 is 28.7 Å². The monoisotopic (exact) mass is 408 g/mol. The lowest BCUT2D eigenvalue weighted by Crippen LogP contribution is -2.47. The molecule has 1 aliphatic heterocycles. The van der Waals surface area contributed by atoms with Gasteiger partial charge < -0.3 is 5.32 Å². The van der Waals surface area contributed by atoms with Gasteiger partial charge in [-0.2, -0.15) is 10.2 Å². The molecule has 5 rings (SSSR count). The third kappa shape index (κ3) is 3.12. The van der Waals surface area contributed by atoms with Gasteiger partial charge in [0.05, 0.1) is 23.3 Å². The molecule has 0 aromatic carbocycles. The van der Waals surface area contributed by atoms with Crippen LogP contribution in [0.1, 0.15) is 54.5 Å². The number of amides is 2. The third-order valence-corrected chi connectivity index (χ3v) is 6.00. The molecule has 3 aromatic rings. The van der Waals surface area contributed by atoms with Gasteiger partial charge in [-0.25, -0.2) is 19.3 Å². The van der Waals surface area contributed by atoms with Crippen molar-refractivity contribution in [2.24, 2.45) is 0 Å². The highest BCUT2D eigenvalue weighted by Crippen LogP contribution is 2.31. The van der Waals surface area contributed by atoms with Crippen LogP contribution >= 0.6 is 0 Å². The molecule has 1 fully saturated rings. The highest BCUT2D eigenvalue weighted by Gasteiger charge is 2.31. The number of rotatable bonds is 3. The van der Waals surface area contributed by atoms with Crippen LogP contribution < -0.4 is 10.2 Å². The van der Waals surface area contributed by atoms with E-state index in [-0.39, 0.29) is 11.7 Å². The molecular formula is C20H24N8O2. The Morgan fingerprint density at radius 3 is 2.80 bits per heavy atom. The largest absolute Gasteiger partial charge is 0.337 e. The van der Waals surface area contributed by atoms with E-state index in [1.165, 1.54) is 17.7 Å². The zero-order chi connectivity index (χ0) is 20.8. The number of aryl methyl sites for hydroxylation is 2. The first-order valence-corrected chi connectivity index (χ1v) is 10.3. The normalized spacial score (nSPS) is 19.9. The minimum Gasteiger partial charge on any atom is -0.337 e. The average molecular weight is 408 g/mol. The smallest absolute Gasteiger partial charge is 0.289 e. The van der Waals surface area contributed by atoms with E-state index in [2.05, 4.69) is 25.5 Å². The van der Waals surface area contributed by atoms with Crippen LogP contribution in [0.5, 0.6) is 0 Å². The fraction of sp³-hybridized carbons (Fsp3) is 0.500. The predicted octanol–water partition coefficient (Wildman–Crippen LogP) is 1.61. The van der Waals surface area contributed by atoms with E-state index in [9.17, 15) is 9.59 Å². The van der Waals surface area contributed by atoms with Crippen molar-refractivity contribution in [2.45, 2.75) is 57.7 Å². The van der Waals surface area contributed by atoms with Crippen molar-refractivity contribution in [1.29, 1.82) is 0 Å². The molecular weight excluding hydrogens is 384 g/mol. The summed E-state index contributed by atoms with van der Waals surface area (Å²) in [5, 5.41) is 12.5. The molecule has 2 aliphatic rings. The van der Waals surface area contributed by atoms with Gasteiger partial charge in [-0.15, -0.1) is 0 Å². The quantitative estimate of drug-likeness (QED) is 0.705. The highest BCUT2D eigenvalue weighted by molar-refractivity contribution is 6.01. The zero-order valence-electron chi connectivity index (χ0n) is 17.1. The standard InChI is InChI=1S/C20H24N8O2/c1-12-9-16-26(2)20(30)15(7-8-27(16)25-12)23-19(29)17-21-10-13-11-22-28(18(13)24-17)14-5-3-4-6-14/h9-11,14-15H,3-8H2,1-2H3,(H,23,29)/t15-/m0/s1. The van der Waals surface area contributed by atoms with Crippen molar-refractivity contribution in [1.82, 2.24) is 34.8 Å². The molecule has 3 aromatic heterocycles. The number of hydrogen-bond donors (Lipinski definition) is 1. The second-order valence-electron chi connectivity index (χ2n) is 8.08. The molecule has 4 heterocycles. The van der Waals surface area contributed by atoms with Gasteiger partial charge in [0.15, 0.2) is 5.65 Å². The summed E-state index contributed by atoms with van der Waals surface area (Å²) in [6.07, 6.45) is 8.31. The maximum absolute atomic E-state index is 12.9. The van der Waals surface area contributed by atoms with Crippen LogP contribution in [-0.4, -0.2) is 54.4 Å². The van der Waals surface area contributed by atoms with Gasteiger partial charge in [-0.1, -0.05) is 12.8 Å². The summed E-state index contributed by atoms with van der Waals surface area (Å²) < 4.78 is 3.70. The molecule has 1 aliphatic carbocycles. The number of carbonyl (C=O) groups is 2. The van der Waals surface area contributed by atoms with Crippen molar-refractivity contribution in [3.8, 4) is 0 Å². The lowest BCUT2D eigenvalue weighted by atomic mass is 10.2. The molecule has 10 heteroatoms. The van der Waals surface area contributed by atoms with Crippen molar-refractivity contribution in [2.75, 3.05) is 11.9 Å². The number of anilines is 1. The Balaban J connectivity index is 1.37. The predicted molar refractivity (Wildman–Crippen MR) is 109 cm³/mol. The fourth-order valence-corrected chi connectivity index (χ4v) is 4.41. The van der Waals surface area contributed by atoms with Gasteiger partial charge >= 0.3 is 0 Å². The number of aromatic nitrogens is 6. The zero-order valence-corrected chi connectivity index (χ0v) is 17.1. The average Bonchev–Trinajstić information content (AvgIpc) is 3.47. The van der Waals surface area contributed by atoms with Gasteiger partial charge in [0, 0.05) is 25.9 Å². The van der Waals surface area contributed by atoms with Crippen LogP contribution in [0.15, 0.2) is 18.5 Å². The molecule has 0 bridgehead atoms. The summed E-state index contributed by atoms with van der Waals surface area (Å²) in [7, 11) is 1.70. The summed E-state index contributed by atoms with van der Waals surface area (Å²) in [5.41, 5.74) is 1.52. The minimum atomic E-state index is -0.663. The Morgan fingerprint density at radius 1 is 1.20 bits per heavy atom. The van der Waals surface area contributed by atoms with Gasteiger partial charge in [0.1, 0.15) is 11.9 Å². The first kappa shape index (κ1) is 18.7. The second kappa shape index (κ2) is 7.19. The molecule has 0 unspecified atom stereocenters. The topological polar surface area (TPSA) is 111 Å². The Morgan fingerprint density at radius 2 is 2.00 bits per heavy atom. The number of nitrogens with one attached hydrogen (secondary N) is 1. The fourth-order valence-electron chi connectivity index (χ4n) is 4.41. The number of nitrogens with zero attached hydrogens (tertiary/aromatic N) is 7. The van der Waals surface area contributed by atoms with E-state index in [4.69, 9.17) is 0 Å². The SMILES string of the molecule is Cc1cc2n(n1)CC[C@H](NC(=O)c1ncc3cnn(C4CCCC4)c3n1)C(=O)N2C. The summed E-state index contributed by atoms with van der Waals surface area (Å²) in [5.74, 6) is 0.139. The van der Waals surface area contributed by atoms with Crippen LogP contribution in [0.3, 0.4) is 0 Å². The first-order chi connectivity index (χ1) is 14.5. The number of likely N-dealkylation sites (N-methyl/N-ethyl adjacent to an activating group) is 1. The lowest BCUT2D eigenvalue weighted by Gasteiger charge is -2.20. The number of carbonyl (C=O) groups excluding carboxylic acids is 2. The lowest BCUT2D eigenvalue weighted by molar-refractivity contribution is -0.120. The summed E-state index contributed by atoms with van der Waals surface area (Å²) in [6, 6.07) is 1.52. The summed E-state index contributed by atoms with van der Waals surface area (Å²) in [6.45, 7) is 2.43. The van der Waals surface area contributed by atoms with Crippen molar-refractivity contribution in [3.63, 3.8) is 0 Å². The third-order valence-electron chi connectivity index (χ3n) is 6.00. The Labute approximate surface area is 173 Å². The van der Waals surface area contributed by atoms with Gasteiger partial charge in [-0.3, -0.25) is 14.5 Å². The maximum atomic E-state index is 12.9. The molecule has 30 heavy (non-hydrogen) atoms. The Bertz CT molecular complexity index is 1130. The van der Waals surface area contributed by atoms with E-state index >= 15 is 0 Å². The molecule has 2 amide bonds. The van der Waals surface area contributed by atoms with Gasteiger partial charge in [-0.05, 0) is 26.2 Å². The van der Waals surface area contributed by atoms with Gasteiger partial charge in [0.25, 0.3) is 11.8 Å². The first-order valence-electron chi connectivity index (χ1n) is 10.3. The molecule has 0 radical (unpaired) electrons. The van der Waals surface area contributed by atoms with Crippen LogP contribution in [0.2, 0.25) is 0 Å². The minimum absolute atomic E-state index is 0.0514. The molecule has 156 valence electrons. The summed E-state index contributed by atoms with van der Waals surface area (Å²) in [4.78, 5) is 36.0. The highest BCUT2D eigenvalue weighted by atomic mass is 16.2. The number of fused-ring (bicyclic) bond motifs is 2. The van der Waals surface area contributed by atoms with Crippen LogP contribution in [0.4, 0.5) is 5.82 Å². The van der Waals surface area contributed by atoms with Crippen LogP contribution in [0, 0.1) is 6.92 Å². The molecule has 1 saturated carbocycles. The molecule has 10 nitrogen and oxygen atoms in total. The van der Waals surface area contributed by atoms with Gasteiger partial charge in [0.2, 0.25) is 5.82 Å². The van der Waals surface area contributed by atoms with Crippen LogP contribution in [-0.2, 0) is 11.3 Å². The maximum Gasteiger partial charge on any atom is 0.289 e. The van der Waals surface area contributed by atoms with E-state index < -0.39 is 11.9 Å². The Hall–Kier alpha value is -3.30. The molecule has 0 spiro atoms.